The highest BCUT2D eigenvalue weighted by molar-refractivity contribution is 6.30. The summed E-state index contributed by atoms with van der Waals surface area (Å²) in [5.74, 6) is -0.466. The van der Waals surface area contributed by atoms with Gasteiger partial charge < -0.3 is 9.88 Å². The molecule has 0 aliphatic rings. The van der Waals surface area contributed by atoms with Gasteiger partial charge in [-0.2, -0.15) is 5.26 Å². The number of rotatable bonds is 4. The maximum atomic E-state index is 12.6. The lowest BCUT2D eigenvalue weighted by atomic mass is 10.1. The fourth-order valence-electron chi connectivity index (χ4n) is 3.57. The summed E-state index contributed by atoms with van der Waals surface area (Å²) in [5.41, 5.74) is 5.28. The lowest BCUT2D eigenvalue weighted by molar-refractivity contribution is -0.112. The summed E-state index contributed by atoms with van der Waals surface area (Å²) in [4.78, 5) is 17.0. The number of amides is 1. The summed E-state index contributed by atoms with van der Waals surface area (Å²) in [6, 6.07) is 20.7. The van der Waals surface area contributed by atoms with Crippen LogP contribution in [0.3, 0.4) is 0 Å². The van der Waals surface area contributed by atoms with Gasteiger partial charge in [-0.1, -0.05) is 17.7 Å². The van der Waals surface area contributed by atoms with Crippen LogP contribution >= 0.6 is 11.6 Å². The van der Waals surface area contributed by atoms with Gasteiger partial charge >= 0.3 is 0 Å². The van der Waals surface area contributed by atoms with Crippen molar-refractivity contribution in [3.8, 4) is 11.8 Å². The number of carbonyl (C=O) groups is 1. The molecule has 2 aromatic heterocycles. The van der Waals surface area contributed by atoms with Crippen LogP contribution in [0.4, 0.5) is 5.69 Å². The van der Waals surface area contributed by atoms with E-state index in [-0.39, 0.29) is 5.57 Å². The predicted octanol–water partition coefficient (Wildman–Crippen LogP) is 5.84. The van der Waals surface area contributed by atoms with Crippen molar-refractivity contribution in [3.63, 3.8) is 0 Å². The monoisotopic (exact) mass is 426 g/mol. The number of pyridine rings is 1. The van der Waals surface area contributed by atoms with Crippen LogP contribution in [0, 0.1) is 25.2 Å². The Balaban J connectivity index is 1.67. The summed E-state index contributed by atoms with van der Waals surface area (Å²) in [5, 5.41) is 13.9. The van der Waals surface area contributed by atoms with Gasteiger partial charge in [-0.25, -0.2) is 0 Å². The third kappa shape index (κ3) is 4.20. The third-order valence-corrected chi connectivity index (χ3v) is 5.33. The molecule has 0 fully saturated rings. The Labute approximate surface area is 185 Å². The van der Waals surface area contributed by atoms with Crippen LogP contribution in [0.2, 0.25) is 5.02 Å². The molecule has 0 bridgehead atoms. The Morgan fingerprint density at radius 2 is 1.90 bits per heavy atom. The number of nitriles is 1. The molecule has 4 rings (SSSR count). The minimum atomic E-state index is -0.466. The van der Waals surface area contributed by atoms with Gasteiger partial charge in [0.05, 0.1) is 5.52 Å². The van der Waals surface area contributed by atoms with Gasteiger partial charge in [0, 0.05) is 39.4 Å². The number of nitrogens with zero attached hydrogens (tertiary/aromatic N) is 3. The molecule has 4 aromatic rings. The minimum Gasteiger partial charge on any atom is -0.321 e. The Bertz CT molecular complexity index is 1360. The van der Waals surface area contributed by atoms with E-state index in [0.29, 0.717) is 10.7 Å². The number of aryl methyl sites for hydroxylation is 1. The average molecular weight is 427 g/mol. The van der Waals surface area contributed by atoms with E-state index in [1.165, 1.54) is 0 Å². The quantitative estimate of drug-likeness (QED) is 0.329. The highest BCUT2D eigenvalue weighted by atomic mass is 35.5. The molecule has 2 aromatic carbocycles. The molecule has 0 spiro atoms. The molecule has 0 aliphatic carbocycles. The first-order valence-electron chi connectivity index (χ1n) is 9.69. The maximum Gasteiger partial charge on any atom is 0.266 e. The van der Waals surface area contributed by atoms with Crippen LogP contribution in [0.25, 0.3) is 22.7 Å². The van der Waals surface area contributed by atoms with E-state index in [1.807, 2.05) is 50.2 Å². The van der Waals surface area contributed by atoms with Gasteiger partial charge in [-0.05, 0) is 80.1 Å². The Morgan fingerprint density at radius 3 is 2.65 bits per heavy atom. The number of aromatic nitrogens is 2. The molecule has 1 N–H and O–H groups in total. The number of hydrogen-bond acceptors (Lipinski definition) is 3. The summed E-state index contributed by atoms with van der Waals surface area (Å²) >= 11 is 5.88. The van der Waals surface area contributed by atoms with Crippen LogP contribution < -0.4 is 5.32 Å². The zero-order chi connectivity index (χ0) is 22.0. The first-order chi connectivity index (χ1) is 15.0. The summed E-state index contributed by atoms with van der Waals surface area (Å²) in [6.45, 7) is 3.97. The van der Waals surface area contributed by atoms with E-state index in [0.717, 1.165) is 33.5 Å². The Kier molecular flexibility index (Phi) is 5.57. The van der Waals surface area contributed by atoms with Crippen LogP contribution in [-0.2, 0) is 4.79 Å². The highest BCUT2D eigenvalue weighted by Crippen LogP contribution is 2.25. The standard InChI is InChI=1S/C25H19ClN4O/c1-16-12-19(13-20(15-27)25(31)29-22-7-5-21(26)6-8-22)17(2)30(16)23-9-10-24-18(14-23)4-3-11-28-24/h3-14H,1-2H3,(H,29,31)/b20-13-. The molecule has 0 radical (unpaired) electrons. The van der Waals surface area contributed by atoms with Gasteiger partial charge in [-0.15, -0.1) is 0 Å². The van der Waals surface area contributed by atoms with E-state index < -0.39 is 5.91 Å². The molecule has 0 saturated carbocycles. The van der Waals surface area contributed by atoms with Crippen LogP contribution in [0.5, 0.6) is 0 Å². The van der Waals surface area contributed by atoms with Crippen LogP contribution in [-0.4, -0.2) is 15.5 Å². The van der Waals surface area contributed by atoms with Crippen molar-refractivity contribution < 1.29 is 4.79 Å². The fourth-order valence-corrected chi connectivity index (χ4v) is 3.69. The second-order valence-electron chi connectivity index (χ2n) is 7.17. The normalized spacial score (nSPS) is 11.4. The molecule has 2 heterocycles. The molecule has 0 atom stereocenters. The number of benzene rings is 2. The largest absolute Gasteiger partial charge is 0.321 e. The van der Waals surface area contributed by atoms with Gasteiger partial charge in [-0.3, -0.25) is 9.78 Å². The average Bonchev–Trinajstić information content (AvgIpc) is 3.06. The number of fused-ring (bicyclic) bond motifs is 1. The van der Waals surface area contributed by atoms with E-state index >= 15 is 0 Å². The number of nitrogens with one attached hydrogen (secondary N) is 1. The van der Waals surface area contributed by atoms with Crippen molar-refractivity contribution in [3.05, 3.63) is 94.4 Å². The Morgan fingerprint density at radius 1 is 1.13 bits per heavy atom. The Hall–Kier alpha value is -3.88. The summed E-state index contributed by atoms with van der Waals surface area (Å²) < 4.78 is 2.10. The van der Waals surface area contributed by atoms with Crippen molar-refractivity contribution in [2.75, 3.05) is 5.32 Å². The van der Waals surface area contributed by atoms with Crippen molar-refractivity contribution in [1.82, 2.24) is 9.55 Å². The molecule has 1 amide bonds. The lowest BCUT2D eigenvalue weighted by Gasteiger charge is -2.11. The third-order valence-electron chi connectivity index (χ3n) is 5.08. The predicted molar refractivity (Wildman–Crippen MR) is 124 cm³/mol. The highest BCUT2D eigenvalue weighted by Gasteiger charge is 2.14. The first-order valence-corrected chi connectivity index (χ1v) is 10.1. The van der Waals surface area contributed by atoms with Crippen molar-refractivity contribution in [2.45, 2.75) is 13.8 Å². The molecule has 0 unspecified atom stereocenters. The SMILES string of the molecule is Cc1cc(/C=C(/C#N)C(=O)Nc2ccc(Cl)cc2)c(C)n1-c1ccc2ncccc2c1. The van der Waals surface area contributed by atoms with Gasteiger partial charge in [0.2, 0.25) is 0 Å². The van der Waals surface area contributed by atoms with Gasteiger partial charge in [0.1, 0.15) is 11.6 Å². The van der Waals surface area contributed by atoms with Crippen molar-refractivity contribution >= 4 is 40.2 Å². The van der Waals surface area contributed by atoms with E-state index in [9.17, 15) is 10.1 Å². The molecule has 31 heavy (non-hydrogen) atoms. The molecule has 6 heteroatoms. The molecule has 152 valence electrons. The smallest absolute Gasteiger partial charge is 0.266 e. The first kappa shape index (κ1) is 20.4. The zero-order valence-corrected chi connectivity index (χ0v) is 17.8. The summed E-state index contributed by atoms with van der Waals surface area (Å²) in [6.07, 6.45) is 3.39. The molecule has 5 nitrogen and oxygen atoms in total. The molecular formula is C25H19ClN4O. The second kappa shape index (κ2) is 8.47. The second-order valence-corrected chi connectivity index (χ2v) is 7.61. The molecular weight excluding hydrogens is 408 g/mol. The number of anilines is 1. The van der Waals surface area contributed by atoms with E-state index in [4.69, 9.17) is 11.6 Å². The van der Waals surface area contributed by atoms with E-state index in [2.05, 4.69) is 20.9 Å². The number of hydrogen-bond donors (Lipinski definition) is 1. The van der Waals surface area contributed by atoms with Gasteiger partial charge in [0.15, 0.2) is 0 Å². The fraction of sp³-hybridized carbons (Fsp3) is 0.0800. The lowest BCUT2D eigenvalue weighted by Crippen LogP contribution is -2.13. The maximum absolute atomic E-state index is 12.6. The van der Waals surface area contributed by atoms with Crippen molar-refractivity contribution in [2.24, 2.45) is 0 Å². The number of carbonyl (C=O) groups excluding carboxylic acids is 1. The molecule has 0 saturated heterocycles. The summed E-state index contributed by atoms with van der Waals surface area (Å²) in [7, 11) is 0. The zero-order valence-electron chi connectivity index (χ0n) is 17.1. The van der Waals surface area contributed by atoms with Crippen molar-refractivity contribution in [1.29, 1.82) is 5.26 Å². The number of halogens is 1. The van der Waals surface area contributed by atoms with Crippen LogP contribution in [0.15, 0.2) is 72.4 Å². The topological polar surface area (TPSA) is 70.7 Å². The van der Waals surface area contributed by atoms with Crippen LogP contribution in [0.1, 0.15) is 17.0 Å². The minimum absolute atomic E-state index is 0.0258. The van der Waals surface area contributed by atoms with E-state index in [1.54, 1.807) is 36.5 Å². The van der Waals surface area contributed by atoms with Gasteiger partial charge in [0.25, 0.3) is 5.91 Å². The molecule has 0 aliphatic heterocycles.